The van der Waals surface area contributed by atoms with Crippen molar-refractivity contribution in [2.45, 2.75) is 5.60 Å². The molecule has 0 aliphatic heterocycles. The van der Waals surface area contributed by atoms with Gasteiger partial charge < -0.3 is 14.9 Å². The topological polar surface area (TPSA) is 101 Å². The summed E-state index contributed by atoms with van der Waals surface area (Å²) in [5.74, 6) is -5.02. The number of hydrogen-bond acceptors (Lipinski definition) is 4. The second kappa shape index (κ2) is 6.31. The van der Waals surface area contributed by atoms with Crippen molar-refractivity contribution in [2.75, 3.05) is 6.61 Å². The van der Waals surface area contributed by atoms with Crippen molar-refractivity contribution in [2.24, 2.45) is 0 Å². The second-order valence-corrected chi connectivity index (χ2v) is 4.16. The Morgan fingerprint density at radius 3 is 2.10 bits per heavy atom. The first-order valence-corrected chi connectivity index (χ1v) is 5.76. The van der Waals surface area contributed by atoms with E-state index in [0.717, 1.165) is 6.08 Å². The highest BCUT2D eigenvalue weighted by Gasteiger charge is 2.55. The van der Waals surface area contributed by atoms with Gasteiger partial charge in [-0.15, -0.1) is 6.58 Å². The molecule has 0 atom stereocenters. The van der Waals surface area contributed by atoms with Crippen LogP contribution in [0.15, 0.2) is 36.9 Å². The van der Waals surface area contributed by atoms with Crippen LogP contribution in [0.2, 0.25) is 5.02 Å². The maximum Gasteiger partial charge on any atom is 0.356 e. The molecule has 6 nitrogen and oxygen atoms in total. The van der Waals surface area contributed by atoms with Crippen molar-refractivity contribution in [3.63, 3.8) is 0 Å². The van der Waals surface area contributed by atoms with E-state index in [9.17, 15) is 14.4 Å². The van der Waals surface area contributed by atoms with Crippen LogP contribution >= 0.6 is 11.6 Å². The lowest BCUT2D eigenvalue weighted by Crippen LogP contribution is -2.55. The van der Waals surface area contributed by atoms with Gasteiger partial charge in [0.25, 0.3) is 0 Å². The summed E-state index contributed by atoms with van der Waals surface area (Å²) in [4.78, 5) is 34.7. The molecule has 0 amide bonds. The van der Waals surface area contributed by atoms with E-state index in [1.807, 2.05) is 0 Å². The molecule has 0 aromatic heterocycles. The van der Waals surface area contributed by atoms with Crippen molar-refractivity contribution >= 4 is 29.3 Å². The molecule has 0 radical (unpaired) electrons. The summed E-state index contributed by atoms with van der Waals surface area (Å²) in [5.41, 5.74) is -3.15. The number of ketones is 1. The zero-order valence-electron chi connectivity index (χ0n) is 10.2. The summed E-state index contributed by atoms with van der Waals surface area (Å²) in [5, 5.41) is 18.6. The number of rotatable bonds is 7. The third-order valence-electron chi connectivity index (χ3n) is 2.45. The van der Waals surface area contributed by atoms with E-state index in [1.54, 1.807) is 0 Å². The van der Waals surface area contributed by atoms with Crippen molar-refractivity contribution in [1.82, 2.24) is 0 Å². The Balaban J connectivity index is 3.31. The molecular formula is C13H11ClO6. The highest BCUT2D eigenvalue weighted by atomic mass is 35.5. The molecule has 0 aliphatic carbocycles. The molecule has 0 unspecified atom stereocenters. The van der Waals surface area contributed by atoms with E-state index in [4.69, 9.17) is 26.6 Å². The Kier molecular flexibility index (Phi) is 5.01. The van der Waals surface area contributed by atoms with Gasteiger partial charge in [-0.3, -0.25) is 4.79 Å². The standard InChI is InChI=1S/C13H11ClO6/c1-2-7-20-13(11(16)17,12(18)19)10(15)8-3-5-9(14)6-4-8/h2-6H,1,7H2,(H,16,17)(H,18,19). The molecule has 1 rings (SSSR count). The van der Waals surface area contributed by atoms with Crippen LogP contribution in [0.4, 0.5) is 0 Å². The molecule has 0 aliphatic rings. The van der Waals surface area contributed by atoms with Crippen LogP contribution in [0.1, 0.15) is 10.4 Å². The van der Waals surface area contributed by atoms with Gasteiger partial charge >= 0.3 is 17.5 Å². The predicted octanol–water partition coefficient (Wildman–Crippen LogP) is 1.63. The molecule has 7 heteroatoms. The van der Waals surface area contributed by atoms with E-state index in [2.05, 4.69) is 6.58 Å². The van der Waals surface area contributed by atoms with Crippen LogP contribution in [0.3, 0.4) is 0 Å². The largest absolute Gasteiger partial charge is 0.478 e. The zero-order valence-corrected chi connectivity index (χ0v) is 11.0. The maximum atomic E-state index is 12.2. The third kappa shape index (κ3) is 2.87. The van der Waals surface area contributed by atoms with E-state index < -0.39 is 29.9 Å². The Hall–Kier alpha value is -2.18. The molecule has 1 aromatic carbocycles. The monoisotopic (exact) mass is 298 g/mol. The smallest absolute Gasteiger partial charge is 0.356 e. The van der Waals surface area contributed by atoms with Gasteiger partial charge in [-0.25, -0.2) is 9.59 Å². The number of hydrogen-bond donors (Lipinski definition) is 2. The number of carbonyl (C=O) groups is 3. The van der Waals surface area contributed by atoms with Crippen LogP contribution in [0, 0.1) is 0 Å². The summed E-state index contributed by atoms with van der Waals surface area (Å²) in [6, 6.07) is 5.14. The van der Waals surface area contributed by atoms with Crippen LogP contribution in [0.25, 0.3) is 0 Å². The Morgan fingerprint density at radius 1 is 1.20 bits per heavy atom. The quantitative estimate of drug-likeness (QED) is 0.451. The normalized spacial score (nSPS) is 10.8. The highest BCUT2D eigenvalue weighted by molar-refractivity contribution is 6.31. The average Bonchev–Trinajstić information content (AvgIpc) is 2.39. The molecule has 0 spiro atoms. The lowest BCUT2D eigenvalue weighted by Gasteiger charge is -2.23. The molecular weight excluding hydrogens is 288 g/mol. The van der Waals surface area contributed by atoms with Gasteiger partial charge in [-0.05, 0) is 24.3 Å². The van der Waals surface area contributed by atoms with Gasteiger partial charge in [0, 0.05) is 10.6 Å². The number of carboxylic acid groups (broad SMARTS) is 2. The minimum atomic E-state index is -3.01. The van der Waals surface area contributed by atoms with Gasteiger partial charge in [0.05, 0.1) is 6.61 Å². The molecule has 106 valence electrons. The summed E-state index contributed by atoms with van der Waals surface area (Å²) < 4.78 is 4.75. The lowest BCUT2D eigenvalue weighted by atomic mass is 9.92. The summed E-state index contributed by atoms with van der Waals surface area (Å²) >= 11 is 5.65. The van der Waals surface area contributed by atoms with E-state index in [0.29, 0.717) is 5.02 Å². The molecule has 0 saturated carbocycles. The summed E-state index contributed by atoms with van der Waals surface area (Å²) in [7, 11) is 0. The first-order valence-electron chi connectivity index (χ1n) is 5.38. The van der Waals surface area contributed by atoms with Crippen LogP contribution in [-0.4, -0.2) is 40.1 Å². The fourth-order valence-electron chi connectivity index (χ4n) is 1.46. The fourth-order valence-corrected chi connectivity index (χ4v) is 1.59. The molecule has 20 heavy (non-hydrogen) atoms. The Bertz CT molecular complexity index is 534. The number of carboxylic acids is 2. The SMILES string of the molecule is C=CCOC(C(=O)O)(C(=O)O)C(=O)c1ccc(Cl)cc1. The molecule has 0 saturated heterocycles. The first kappa shape index (κ1) is 15.9. The van der Waals surface area contributed by atoms with E-state index in [1.165, 1.54) is 24.3 Å². The molecule has 2 N–H and O–H groups in total. The maximum absolute atomic E-state index is 12.2. The zero-order chi connectivity index (χ0) is 15.3. The summed E-state index contributed by atoms with van der Waals surface area (Å²) in [6.45, 7) is 2.88. The van der Waals surface area contributed by atoms with Gasteiger partial charge in [0.1, 0.15) is 0 Å². The molecule has 0 bridgehead atoms. The minimum absolute atomic E-state index is 0.136. The first-order chi connectivity index (χ1) is 9.36. The number of halogens is 1. The molecule has 0 heterocycles. The van der Waals surface area contributed by atoms with Crippen LogP contribution in [0.5, 0.6) is 0 Å². The van der Waals surface area contributed by atoms with Crippen LogP contribution in [-0.2, 0) is 14.3 Å². The number of Topliss-reactive ketones (excluding diaryl/α,β-unsaturated/α-hetero) is 1. The third-order valence-corrected chi connectivity index (χ3v) is 2.70. The van der Waals surface area contributed by atoms with Crippen molar-refractivity contribution in [3.05, 3.63) is 47.5 Å². The van der Waals surface area contributed by atoms with Crippen molar-refractivity contribution in [3.8, 4) is 0 Å². The number of carbonyl (C=O) groups excluding carboxylic acids is 1. The summed E-state index contributed by atoms with van der Waals surface area (Å²) in [6.07, 6.45) is 1.15. The van der Waals surface area contributed by atoms with Gasteiger partial charge in [-0.2, -0.15) is 0 Å². The fraction of sp³-hybridized carbons (Fsp3) is 0.154. The van der Waals surface area contributed by atoms with Crippen molar-refractivity contribution in [1.29, 1.82) is 0 Å². The van der Waals surface area contributed by atoms with Gasteiger partial charge in [0.2, 0.25) is 5.78 Å². The average molecular weight is 299 g/mol. The minimum Gasteiger partial charge on any atom is -0.478 e. The molecule has 0 fully saturated rings. The highest BCUT2D eigenvalue weighted by Crippen LogP contribution is 2.21. The second-order valence-electron chi connectivity index (χ2n) is 3.73. The Labute approximate surface area is 119 Å². The van der Waals surface area contributed by atoms with Crippen molar-refractivity contribution < 1.29 is 29.3 Å². The number of benzene rings is 1. The lowest BCUT2D eigenvalue weighted by molar-refractivity contribution is -0.174. The predicted molar refractivity (Wildman–Crippen MR) is 69.9 cm³/mol. The Morgan fingerprint density at radius 2 is 1.70 bits per heavy atom. The molecule has 1 aromatic rings. The van der Waals surface area contributed by atoms with Gasteiger partial charge in [0.15, 0.2) is 0 Å². The van der Waals surface area contributed by atoms with Crippen LogP contribution < -0.4 is 0 Å². The number of aliphatic carboxylic acids is 2. The van der Waals surface area contributed by atoms with E-state index in [-0.39, 0.29) is 5.56 Å². The number of ether oxygens (including phenoxy) is 1. The van der Waals surface area contributed by atoms with E-state index >= 15 is 0 Å². The van der Waals surface area contributed by atoms with Gasteiger partial charge in [-0.1, -0.05) is 17.7 Å².